The molecule has 0 aromatic heterocycles. The summed E-state index contributed by atoms with van der Waals surface area (Å²) in [5.74, 6) is 0. The fourth-order valence-corrected chi connectivity index (χ4v) is 4.12. The van der Waals surface area contributed by atoms with Crippen molar-refractivity contribution >= 4 is 33.5 Å². The number of rotatable bonds is 6. The normalized spacial score (nSPS) is 10.8. The van der Waals surface area contributed by atoms with E-state index in [-0.39, 0.29) is 0 Å². The molecule has 32 heavy (non-hydrogen) atoms. The van der Waals surface area contributed by atoms with Crippen molar-refractivity contribution in [1.29, 1.82) is 0 Å². The maximum absolute atomic E-state index is 2.36. The standard InChI is InChI=1S/C30H26N2/c1-31(27-11-5-2-6-12-27)30-20-19-25-18-17-24(21-26(25)22-30)23-32(28-13-7-3-8-14-28)29-15-9-4-10-16-29/h2-22H,23H2,1H3. The highest BCUT2D eigenvalue weighted by Gasteiger charge is 2.11. The molecule has 0 fully saturated rings. The zero-order valence-corrected chi connectivity index (χ0v) is 18.2. The summed E-state index contributed by atoms with van der Waals surface area (Å²) in [4.78, 5) is 4.59. The maximum Gasteiger partial charge on any atom is 0.0481 e. The van der Waals surface area contributed by atoms with Crippen LogP contribution >= 0.6 is 0 Å². The lowest BCUT2D eigenvalue weighted by Crippen LogP contribution is -2.16. The molecule has 0 aliphatic rings. The Morgan fingerprint density at radius 3 is 1.59 bits per heavy atom. The summed E-state index contributed by atoms with van der Waals surface area (Å²) in [6.45, 7) is 0.808. The van der Waals surface area contributed by atoms with Gasteiger partial charge in [0.25, 0.3) is 0 Å². The van der Waals surface area contributed by atoms with Gasteiger partial charge < -0.3 is 9.80 Å². The van der Waals surface area contributed by atoms with Crippen LogP contribution in [0, 0.1) is 0 Å². The van der Waals surface area contributed by atoms with Crippen LogP contribution in [0.2, 0.25) is 0 Å². The third-order valence-corrected chi connectivity index (χ3v) is 5.90. The summed E-state index contributed by atoms with van der Waals surface area (Å²) in [5, 5.41) is 2.51. The molecule has 0 spiro atoms. The van der Waals surface area contributed by atoms with Gasteiger partial charge in [-0.15, -0.1) is 0 Å². The first-order valence-electron chi connectivity index (χ1n) is 11.0. The van der Waals surface area contributed by atoms with E-state index in [9.17, 15) is 0 Å². The van der Waals surface area contributed by atoms with Crippen molar-refractivity contribution in [3.05, 3.63) is 133 Å². The molecule has 5 aromatic carbocycles. The number of anilines is 4. The van der Waals surface area contributed by atoms with Crippen molar-refractivity contribution in [2.24, 2.45) is 0 Å². The Hall–Kier alpha value is -4.04. The van der Waals surface area contributed by atoms with E-state index in [0.717, 1.165) is 6.54 Å². The first-order chi connectivity index (χ1) is 15.8. The largest absolute Gasteiger partial charge is 0.345 e. The van der Waals surface area contributed by atoms with E-state index in [1.165, 1.54) is 39.1 Å². The molecule has 156 valence electrons. The highest BCUT2D eigenvalue weighted by atomic mass is 15.1. The SMILES string of the molecule is CN(c1ccccc1)c1ccc2ccc(CN(c3ccccc3)c3ccccc3)cc2c1. The Morgan fingerprint density at radius 1 is 0.469 bits per heavy atom. The van der Waals surface area contributed by atoms with Gasteiger partial charge in [0.15, 0.2) is 0 Å². The Bertz CT molecular complexity index is 1260. The highest BCUT2D eigenvalue weighted by molar-refractivity contribution is 5.87. The van der Waals surface area contributed by atoms with Crippen LogP contribution in [0.15, 0.2) is 127 Å². The van der Waals surface area contributed by atoms with Crippen LogP contribution in [-0.4, -0.2) is 7.05 Å². The Balaban J connectivity index is 1.49. The molecule has 0 bridgehead atoms. The molecule has 0 amide bonds. The van der Waals surface area contributed by atoms with Crippen LogP contribution in [0.5, 0.6) is 0 Å². The minimum absolute atomic E-state index is 0.808. The molecule has 0 saturated carbocycles. The second kappa shape index (κ2) is 8.99. The molecule has 0 radical (unpaired) electrons. The number of hydrogen-bond acceptors (Lipinski definition) is 2. The minimum atomic E-state index is 0.808. The summed E-state index contributed by atoms with van der Waals surface area (Å²) in [7, 11) is 2.12. The Morgan fingerprint density at radius 2 is 1.00 bits per heavy atom. The van der Waals surface area contributed by atoms with Crippen LogP contribution in [-0.2, 0) is 6.54 Å². The molecule has 0 N–H and O–H groups in total. The highest BCUT2D eigenvalue weighted by Crippen LogP contribution is 2.30. The quantitative estimate of drug-likeness (QED) is 0.278. The summed E-state index contributed by atoms with van der Waals surface area (Å²) in [5.41, 5.74) is 6.03. The summed E-state index contributed by atoms with van der Waals surface area (Å²) < 4.78 is 0. The van der Waals surface area contributed by atoms with E-state index in [0.29, 0.717) is 0 Å². The molecule has 0 atom stereocenters. The van der Waals surface area contributed by atoms with Crippen molar-refractivity contribution in [2.45, 2.75) is 6.54 Å². The fourth-order valence-electron chi connectivity index (χ4n) is 4.12. The third kappa shape index (κ3) is 4.21. The molecular weight excluding hydrogens is 388 g/mol. The predicted molar refractivity (Wildman–Crippen MR) is 137 cm³/mol. The van der Waals surface area contributed by atoms with Gasteiger partial charge in [-0.05, 0) is 70.9 Å². The van der Waals surface area contributed by atoms with Crippen molar-refractivity contribution in [3.8, 4) is 0 Å². The van der Waals surface area contributed by atoms with Gasteiger partial charge in [-0.2, -0.15) is 0 Å². The second-order valence-corrected chi connectivity index (χ2v) is 8.02. The topological polar surface area (TPSA) is 6.48 Å². The third-order valence-electron chi connectivity index (χ3n) is 5.90. The van der Waals surface area contributed by atoms with Crippen molar-refractivity contribution < 1.29 is 0 Å². The number of fused-ring (bicyclic) bond motifs is 1. The Kier molecular flexibility index (Phi) is 5.59. The van der Waals surface area contributed by atoms with Crippen LogP contribution in [0.25, 0.3) is 10.8 Å². The molecule has 5 rings (SSSR count). The summed E-state index contributed by atoms with van der Waals surface area (Å²) in [6.07, 6.45) is 0. The van der Waals surface area contributed by atoms with Crippen LogP contribution < -0.4 is 9.80 Å². The molecule has 0 saturated heterocycles. The lowest BCUT2D eigenvalue weighted by atomic mass is 10.0. The molecule has 2 nitrogen and oxygen atoms in total. The van der Waals surface area contributed by atoms with Gasteiger partial charge in [-0.3, -0.25) is 0 Å². The van der Waals surface area contributed by atoms with Gasteiger partial charge in [0.1, 0.15) is 0 Å². The van der Waals surface area contributed by atoms with E-state index >= 15 is 0 Å². The van der Waals surface area contributed by atoms with Crippen LogP contribution in [0.4, 0.5) is 22.7 Å². The molecular formula is C30H26N2. The van der Waals surface area contributed by atoms with Crippen LogP contribution in [0.3, 0.4) is 0 Å². The maximum atomic E-state index is 2.36. The van der Waals surface area contributed by atoms with Crippen molar-refractivity contribution in [1.82, 2.24) is 0 Å². The first-order valence-corrected chi connectivity index (χ1v) is 11.0. The number of hydrogen-bond donors (Lipinski definition) is 0. The first kappa shape index (κ1) is 19.9. The lowest BCUT2D eigenvalue weighted by Gasteiger charge is -2.25. The van der Waals surface area contributed by atoms with Gasteiger partial charge in [0.2, 0.25) is 0 Å². The second-order valence-electron chi connectivity index (χ2n) is 8.02. The summed E-state index contributed by atoms with van der Waals surface area (Å²) in [6, 6.07) is 45.1. The van der Waals surface area contributed by atoms with Gasteiger partial charge in [0, 0.05) is 36.3 Å². The van der Waals surface area contributed by atoms with E-state index < -0.39 is 0 Å². The average molecular weight is 415 g/mol. The number of nitrogens with zero attached hydrogens (tertiary/aromatic N) is 2. The molecule has 0 aliphatic carbocycles. The smallest absolute Gasteiger partial charge is 0.0481 e. The number of para-hydroxylation sites is 3. The zero-order valence-electron chi connectivity index (χ0n) is 18.2. The van der Waals surface area contributed by atoms with E-state index in [1.54, 1.807) is 0 Å². The molecule has 0 aliphatic heterocycles. The monoisotopic (exact) mass is 414 g/mol. The lowest BCUT2D eigenvalue weighted by molar-refractivity contribution is 0.977. The zero-order chi connectivity index (χ0) is 21.8. The number of benzene rings is 5. The molecule has 0 heterocycles. The predicted octanol–water partition coefficient (Wildman–Crippen LogP) is 7.95. The summed E-state index contributed by atoms with van der Waals surface area (Å²) >= 11 is 0. The molecule has 5 aromatic rings. The van der Waals surface area contributed by atoms with E-state index in [4.69, 9.17) is 0 Å². The molecule has 2 heteroatoms. The van der Waals surface area contributed by atoms with Crippen molar-refractivity contribution in [2.75, 3.05) is 16.8 Å². The Labute approximate surface area is 190 Å². The fraction of sp³-hybridized carbons (Fsp3) is 0.0667. The van der Waals surface area contributed by atoms with Crippen LogP contribution in [0.1, 0.15) is 5.56 Å². The van der Waals surface area contributed by atoms with Gasteiger partial charge in [-0.1, -0.05) is 72.8 Å². The van der Waals surface area contributed by atoms with Crippen molar-refractivity contribution in [3.63, 3.8) is 0 Å². The van der Waals surface area contributed by atoms with Gasteiger partial charge in [0.05, 0.1) is 0 Å². The minimum Gasteiger partial charge on any atom is -0.345 e. The molecule has 0 unspecified atom stereocenters. The average Bonchev–Trinajstić information content (AvgIpc) is 2.88. The van der Waals surface area contributed by atoms with E-state index in [1.807, 2.05) is 0 Å². The van der Waals surface area contributed by atoms with E-state index in [2.05, 4.69) is 144 Å². The van der Waals surface area contributed by atoms with Gasteiger partial charge in [-0.25, -0.2) is 0 Å². The van der Waals surface area contributed by atoms with Gasteiger partial charge >= 0.3 is 0 Å².